The van der Waals surface area contributed by atoms with Crippen molar-refractivity contribution in [2.24, 2.45) is 11.8 Å². The van der Waals surface area contributed by atoms with E-state index in [9.17, 15) is 4.79 Å². The highest BCUT2D eigenvalue weighted by atomic mass is 16.3. The maximum absolute atomic E-state index is 10.8. The number of piperidine rings is 1. The van der Waals surface area contributed by atoms with Gasteiger partial charge in [-0.1, -0.05) is 0 Å². The largest absolute Gasteiger partial charge is 0.394 e. The topological polar surface area (TPSA) is 49.3 Å². The number of hydrogen-bond donors (Lipinski definition) is 2. The van der Waals surface area contributed by atoms with Gasteiger partial charge in [0.05, 0.1) is 12.6 Å². The van der Waals surface area contributed by atoms with E-state index < -0.39 is 0 Å². The van der Waals surface area contributed by atoms with Crippen molar-refractivity contribution in [3.63, 3.8) is 0 Å². The van der Waals surface area contributed by atoms with E-state index in [-0.39, 0.29) is 24.5 Å². The van der Waals surface area contributed by atoms with Crippen molar-refractivity contribution >= 4 is 5.91 Å². The number of aliphatic hydroxyl groups excluding tert-OH is 1. The SMILES string of the molecule is O=C1NC(CO)C2C[C@@H]12. The second-order valence-corrected chi connectivity index (χ2v) is 2.80. The van der Waals surface area contributed by atoms with Gasteiger partial charge < -0.3 is 10.4 Å². The molecule has 1 saturated heterocycles. The van der Waals surface area contributed by atoms with E-state index in [2.05, 4.69) is 5.32 Å². The number of carbonyl (C=O) groups excluding carboxylic acids is 1. The van der Waals surface area contributed by atoms with Gasteiger partial charge in [0.2, 0.25) is 5.91 Å². The van der Waals surface area contributed by atoms with Crippen molar-refractivity contribution in [3.8, 4) is 0 Å². The summed E-state index contributed by atoms with van der Waals surface area (Å²) in [6.45, 7) is 0.104. The molecule has 2 rings (SSSR count). The molecule has 3 nitrogen and oxygen atoms in total. The zero-order valence-electron chi connectivity index (χ0n) is 5.00. The molecule has 0 aromatic rings. The van der Waals surface area contributed by atoms with Gasteiger partial charge in [0.25, 0.3) is 0 Å². The summed E-state index contributed by atoms with van der Waals surface area (Å²) in [6, 6.07) is 0.0718. The molecule has 0 radical (unpaired) electrons. The first-order chi connectivity index (χ1) is 4.33. The summed E-state index contributed by atoms with van der Waals surface area (Å²) in [6.07, 6.45) is 0.997. The Morgan fingerprint density at radius 3 is 2.78 bits per heavy atom. The Bertz CT molecular complexity index is 157. The van der Waals surface area contributed by atoms with Crippen LogP contribution in [0.15, 0.2) is 0 Å². The second kappa shape index (κ2) is 1.48. The Hall–Kier alpha value is -0.570. The molecule has 50 valence electrons. The third-order valence-electron chi connectivity index (χ3n) is 2.22. The Balaban J connectivity index is 2.08. The monoisotopic (exact) mass is 127 g/mol. The highest BCUT2D eigenvalue weighted by Crippen LogP contribution is 2.45. The summed E-state index contributed by atoms with van der Waals surface area (Å²) in [4.78, 5) is 10.8. The quantitative estimate of drug-likeness (QED) is 0.480. The van der Waals surface area contributed by atoms with E-state index in [0.29, 0.717) is 5.92 Å². The predicted molar refractivity (Wildman–Crippen MR) is 30.6 cm³/mol. The molecule has 1 amide bonds. The maximum atomic E-state index is 10.8. The molecule has 2 fully saturated rings. The van der Waals surface area contributed by atoms with Gasteiger partial charge in [-0.15, -0.1) is 0 Å². The molecular formula is C6H9NO2. The lowest BCUT2D eigenvalue weighted by Crippen LogP contribution is -2.32. The Kier molecular flexibility index (Phi) is 0.858. The van der Waals surface area contributed by atoms with Crippen molar-refractivity contribution < 1.29 is 9.90 Å². The summed E-state index contributed by atoms with van der Waals surface area (Å²) in [5.74, 6) is 0.851. The first-order valence-electron chi connectivity index (χ1n) is 3.24. The van der Waals surface area contributed by atoms with Gasteiger partial charge in [0.1, 0.15) is 0 Å². The van der Waals surface area contributed by atoms with Crippen LogP contribution in [0.1, 0.15) is 6.42 Å². The molecule has 0 aromatic carbocycles. The first kappa shape index (κ1) is 5.23. The van der Waals surface area contributed by atoms with Crippen LogP contribution in [-0.4, -0.2) is 23.7 Å². The first-order valence-corrected chi connectivity index (χ1v) is 3.24. The number of carbonyl (C=O) groups is 1. The molecule has 1 saturated carbocycles. The Morgan fingerprint density at radius 1 is 1.78 bits per heavy atom. The van der Waals surface area contributed by atoms with E-state index in [1.165, 1.54) is 0 Å². The van der Waals surface area contributed by atoms with E-state index in [1.807, 2.05) is 0 Å². The predicted octanol–water partition coefficient (Wildman–Crippen LogP) is -0.887. The van der Waals surface area contributed by atoms with Gasteiger partial charge in [0, 0.05) is 5.92 Å². The van der Waals surface area contributed by atoms with Crippen LogP contribution in [-0.2, 0) is 4.79 Å². The summed E-state index contributed by atoms with van der Waals surface area (Å²) in [5, 5.41) is 11.4. The normalized spacial score (nSPS) is 46.3. The van der Waals surface area contributed by atoms with E-state index in [4.69, 9.17) is 5.11 Å². The number of fused-ring (bicyclic) bond motifs is 1. The third-order valence-corrected chi connectivity index (χ3v) is 2.22. The highest BCUT2D eigenvalue weighted by molar-refractivity contribution is 5.85. The zero-order chi connectivity index (χ0) is 6.43. The minimum atomic E-state index is 0.0718. The molecule has 9 heavy (non-hydrogen) atoms. The fourth-order valence-electron chi connectivity index (χ4n) is 1.54. The molecule has 1 heterocycles. The van der Waals surface area contributed by atoms with Crippen LogP contribution in [0.3, 0.4) is 0 Å². The van der Waals surface area contributed by atoms with Crippen molar-refractivity contribution in [2.45, 2.75) is 12.5 Å². The highest BCUT2D eigenvalue weighted by Gasteiger charge is 2.53. The molecule has 0 aromatic heterocycles. The van der Waals surface area contributed by atoms with E-state index in [1.54, 1.807) is 0 Å². The minimum Gasteiger partial charge on any atom is -0.394 e. The zero-order valence-corrected chi connectivity index (χ0v) is 5.00. The number of hydrogen-bond acceptors (Lipinski definition) is 2. The van der Waals surface area contributed by atoms with E-state index >= 15 is 0 Å². The smallest absolute Gasteiger partial charge is 0.223 e. The molecule has 2 aliphatic rings. The Labute approximate surface area is 53.1 Å². The van der Waals surface area contributed by atoms with Gasteiger partial charge in [-0.2, -0.15) is 0 Å². The summed E-state index contributed by atoms with van der Waals surface area (Å²) < 4.78 is 0. The van der Waals surface area contributed by atoms with Gasteiger partial charge in [-0.3, -0.25) is 4.79 Å². The molecular weight excluding hydrogens is 118 g/mol. The molecule has 0 bridgehead atoms. The summed E-state index contributed by atoms with van der Waals surface area (Å²) in [5.41, 5.74) is 0. The van der Waals surface area contributed by atoms with Crippen LogP contribution in [0.4, 0.5) is 0 Å². The molecule has 0 spiro atoms. The third kappa shape index (κ3) is 0.580. The minimum absolute atomic E-state index is 0.0718. The summed E-state index contributed by atoms with van der Waals surface area (Å²) >= 11 is 0. The van der Waals surface area contributed by atoms with Crippen LogP contribution in [0.5, 0.6) is 0 Å². The van der Waals surface area contributed by atoms with Crippen LogP contribution >= 0.6 is 0 Å². The van der Waals surface area contributed by atoms with Gasteiger partial charge in [-0.05, 0) is 12.3 Å². The van der Waals surface area contributed by atoms with Gasteiger partial charge >= 0.3 is 0 Å². The Morgan fingerprint density at radius 2 is 2.56 bits per heavy atom. The number of nitrogens with one attached hydrogen (secondary N) is 1. The van der Waals surface area contributed by atoms with Crippen molar-refractivity contribution in [2.75, 3.05) is 6.61 Å². The lowest BCUT2D eigenvalue weighted by molar-refractivity contribution is -0.121. The fraction of sp³-hybridized carbons (Fsp3) is 0.833. The van der Waals surface area contributed by atoms with Gasteiger partial charge in [-0.25, -0.2) is 0 Å². The lowest BCUT2D eigenvalue weighted by Gasteiger charge is -2.07. The van der Waals surface area contributed by atoms with Crippen LogP contribution in [0.25, 0.3) is 0 Å². The van der Waals surface area contributed by atoms with Crippen molar-refractivity contribution in [3.05, 3.63) is 0 Å². The number of rotatable bonds is 1. The molecule has 3 heteroatoms. The molecule has 2 unspecified atom stereocenters. The maximum Gasteiger partial charge on any atom is 0.223 e. The lowest BCUT2D eigenvalue weighted by atomic mass is 10.2. The van der Waals surface area contributed by atoms with Gasteiger partial charge in [0.15, 0.2) is 0 Å². The standard InChI is InChI=1S/C6H9NO2/c8-2-5-3-1-4(3)6(9)7-5/h3-5,8H,1-2H2,(H,7,9)/t3?,4-,5?/m1/s1. The van der Waals surface area contributed by atoms with E-state index in [0.717, 1.165) is 6.42 Å². The van der Waals surface area contributed by atoms with Crippen LogP contribution in [0, 0.1) is 11.8 Å². The second-order valence-electron chi connectivity index (χ2n) is 2.80. The molecule has 1 aliphatic carbocycles. The average Bonchev–Trinajstić information content (AvgIpc) is 2.56. The molecule has 3 atom stereocenters. The number of amides is 1. The fourth-order valence-corrected chi connectivity index (χ4v) is 1.54. The molecule has 1 aliphatic heterocycles. The van der Waals surface area contributed by atoms with Crippen LogP contribution in [0.2, 0.25) is 0 Å². The summed E-state index contributed by atoms with van der Waals surface area (Å²) in [7, 11) is 0. The number of aliphatic hydroxyl groups is 1. The van der Waals surface area contributed by atoms with Crippen LogP contribution < -0.4 is 5.32 Å². The van der Waals surface area contributed by atoms with Crippen molar-refractivity contribution in [1.29, 1.82) is 0 Å². The average molecular weight is 127 g/mol. The van der Waals surface area contributed by atoms with Crippen molar-refractivity contribution in [1.82, 2.24) is 5.32 Å². The molecule has 2 N–H and O–H groups in total.